The van der Waals surface area contributed by atoms with Crippen LogP contribution in [0.15, 0.2) is 24.3 Å². The van der Waals surface area contributed by atoms with E-state index in [-0.39, 0.29) is 5.78 Å². The van der Waals surface area contributed by atoms with Crippen LogP contribution in [-0.4, -0.2) is 51.4 Å². The molecule has 2 radical (unpaired) electrons. The van der Waals surface area contributed by atoms with Gasteiger partial charge in [-0.1, -0.05) is 29.7 Å². The molecule has 3 nitrogen and oxygen atoms in total. The number of ether oxygens (including phenoxy) is 1. The van der Waals surface area contributed by atoms with Crippen molar-refractivity contribution in [2.75, 3.05) is 32.8 Å². The molecule has 16 heavy (non-hydrogen) atoms. The van der Waals surface area contributed by atoms with Crippen LogP contribution in [0.2, 0.25) is 0 Å². The van der Waals surface area contributed by atoms with Crippen molar-refractivity contribution >= 4 is 19.1 Å². The number of carbonyl (C=O) groups excluding carboxylic acids is 1. The van der Waals surface area contributed by atoms with Crippen LogP contribution in [0, 0.1) is 0 Å². The van der Waals surface area contributed by atoms with Crippen LogP contribution < -0.4 is 5.46 Å². The van der Waals surface area contributed by atoms with Gasteiger partial charge in [-0.2, -0.15) is 0 Å². The Morgan fingerprint density at radius 1 is 1.25 bits per heavy atom. The summed E-state index contributed by atoms with van der Waals surface area (Å²) in [6.07, 6.45) is 0. The van der Waals surface area contributed by atoms with Gasteiger partial charge in [0, 0.05) is 18.7 Å². The molecule has 0 N–H and O–H groups in total. The first-order chi connectivity index (χ1) is 7.75. The number of carbonyl (C=O) groups is 1. The average molecular weight is 215 g/mol. The Balaban J connectivity index is 1.94. The normalized spacial score (nSPS) is 17.2. The monoisotopic (exact) mass is 215 g/mol. The largest absolute Gasteiger partial charge is 0.379 e. The van der Waals surface area contributed by atoms with Crippen LogP contribution >= 0.6 is 0 Å². The number of morpholine rings is 1. The highest BCUT2D eigenvalue weighted by molar-refractivity contribution is 6.32. The number of benzene rings is 1. The predicted molar refractivity (Wildman–Crippen MR) is 63.4 cm³/mol. The lowest BCUT2D eigenvalue weighted by Crippen LogP contribution is -2.39. The van der Waals surface area contributed by atoms with Crippen molar-refractivity contribution in [2.45, 2.75) is 0 Å². The van der Waals surface area contributed by atoms with Gasteiger partial charge < -0.3 is 4.74 Å². The van der Waals surface area contributed by atoms with Gasteiger partial charge in [0.05, 0.1) is 19.8 Å². The fourth-order valence-corrected chi connectivity index (χ4v) is 1.72. The van der Waals surface area contributed by atoms with E-state index < -0.39 is 0 Å². The van der Waals surface area contributed by atoms with E-state index in [2.05, 4.69) is 4.90 Å². The van der Waals surface area contributed by atoms with Crippen LogP contribution in [0.3, 0.4) is 0 Å². The Bertz CT molecular complexity index is 358. The zero-order valence-corrected chi connectivity index (χ0v) is 9.19. The summed E-state index contributed by atoms with van der Waals surface area (Å²) in [7, 11) is 5.57. The van der Waals surface area contributed by atoms with Gasteiger partial charge in [0.2, 0.25) is 0 Å². The Kier molecular flexibility index (Phi) is 3.75. The van der Waals surface area contributed by atoms with E-state index in [0.29, 0.717) is 12.0 Å². The van der Waals surface area contributed by atoms with Crippen LogP contribution in [0.1, 0.15) is 10.4 Å². The molecule has 1 aromatic carbocycles. The summed E-state index contributed by atoms with van der Waals surface area (Å²) in [6.45, 7) is 3.57. The van der Waals surface area contributed by atoms with E-state index in [1.54, 1.807) is 24.3 Å². The fraction of sp³-hybridized carbons (Fsp3) is 0.417. The minimum atomic E-state index is 0.141. The van der Waals surface area contributed by atoms with Crippen molar-refractivity contribution in [3.05, 3.63) is 29.8 Å². The standard InChI is InChI=1S/C12H14BNO2/c13-11-3-1-10(2-4-11)12(15)9-14-5-7-16-8-6-14/h1-4H,5-9H2. The fourth-order valence-electron chi connectivity index (χ4n) is 1.72. The SMILES string of the molecule is [B]c1ccc(C(=O)CN2CCOCC2)cc1. The molecule has 1 aliphatic rings. The van der Waals surface area contributed by atoms with Gasteiger partial charge in [-0.15, -0.1) is 0 Å². The second-order valence-electron chi connectivity index (χ2n) is 3.93. The first-order valence-electron chi connectivity index (χ1n) is 5.44. The Morgan fingerprint density at radius 3 is 2.50 bits per heavy atom. The molecule has 1 aromatic rings. The van der Waals surface area contributed by atoms with E-state index in [0.717, 1.165) is 31.9 Å². The van der Waals surface area contributed by atoms with E-state index in [1.165, 1.54) is 0 Å². The van der Waals surface area contributed by atoms with Crippen molar-refractivity contribution in [2.24, 2.45) is 0 Å². The maximum absolute atomic E-state index is 11.9. The second-order valence-corrected chi connectivity index (χ2v) is 3.93. The number of nitrogens with zero attached hydrogens (tertiary/aromatic N) is 1. The van der Waals surface area contributed by atoms with Gasteiger partial charge in [-0.25, -0.2) is 0 Å². The predicted octanol–water partition coefficient (Wildman–Crippen LogP) is -0.00470. The molecule has 82 valence electrons. The average Bonchev–Trinajstić information content (AvgIpc) is 2.31. The third kappa shape index (κ3) is 2.93. The highest BCUT2D eigenvalue weighted by atomic mass is 16.5. The number of ketones is 1. The molecule has 0 aliphatic carbocycles. The highest BCUT2D eigenvalue weighted by Gasteiger charge is 2.14. The molecule has 0 spiro atoms. The highest BCUT2D eigenvalue weighted by Crippen LogP contribution is 2.03. The Morgan fingerprint density at radius 2 is 1.88 bits per heavy atom. The summed E-state index contributed by atoms with van der Waals surface area (Å²) in [5, 5.41) is 0. The molecule has 0 amide bonds. The van der Waals surface area contributed by atoms with Gasteiger partial charge in [0.25, 0.3) is 0 Å². The van der Waals surface area contributed by atoms with Gasteiger partial charge in [0.15, 0.2) is 5.78 Å². The van der Waals surface area contributed by atoms with Crippen molar-refractivity contribution in [3.8, 4) is 0 Å². The molecular formula is C12H14BNO2. The summed E-state index contributed by atoms with van der Waals surface area (Å²) in [5.74, 6) is 0.141. The molecule has 4 heteroatoms. The summed E-state index contributed by atoms with van der Waals surface area (Å²) < 4.78 is 5.23. The number of rotatable bonds is 3. The molecule has 1 heterocycles. The molecule has 1 fully saturated rings. The van der Waals surface area contributed by atoms with Crippen molar-refractivity contribution in [3.63, 3.8) is 0 Å². The lowest BCUT2D eigenvalue weighted by atomic mass is 9.94. The zero-order chi connectivity index (χ0) is 11.4. The van der Waals surface area contributed by atoms with E-state index >= 15 is 0 Å². The molecule has 0 aromatic heterocycles. The van der Waals surface area contributed by atoms with E-state index in [1.807, 2.05) is 0 Å². The van der Waals surface area contributed by atoms with Crippen LogP contribution in [-0.2, 0) is 4.74 Å². The summed E-state index contributed by atoms with van der Waals surface area (Å²) in [5.41, 5.74) is 1.41. The van der Waals surface area contributed by atoms with Gasteiger partial charge in [-0.05, 0) is 0 Å². The molecule has 1 aliphatic heterocycles. The summed E-state index contributed by atoms with van der Waals surface area (Å²) in [6, 6.07) is 7.06. The summed E-state index contributed by atoms with van der Waals surface area (Å²) >= 11 is 0. The maximum atomic E-state index is 11.9. The van der Waals surface area contributed by atoms with Gasteiger partial charge in [0.1, 0.15) is 7.85 Å². The molecule has 1 saturated heterocycles. The molecular weight excluding hydrogens is 201 g/mol. The van der Waals surface area contributed by atoms with Crippen LogP contribution in [0.5, 0.6) is 0 Å². The number of hydrogen-bond acceptors (Lipinski definition) is 3. The minimum Gasteiger partial charge on any atom is -0.379 e. The molecule has 0 atom stereocenters. The maximum Gasteiger partial charge on any atom is 0.176 e. The lowest BCUT2D eigenvalue weighted by Gasteiger charge is -2.25. The Labute approximate surface area is 96.8 Å². The first kappa shape index (κ1) is 11.4. The quantitative estimate of drug-likeness (QED) is 0.524. The Hall–Kier alpha value is -1.13. The van der Waals surface area contributed by atoms with Gasteiger partial charge >= 0.3 is 0 Å². The van der Waals surface area contributed by atoms with E-state index in [9.17, 15) is 4.79 Å². The number of hydrogen-bond donors (Lipinski definition) is 0. The van der Waals surface area contributed by atoms with Crippen molar-refractivity contribution in [1.29, 1.82) is 0 Å². The zero-order valence-electron chi connectivity index (χ0n) is 9.19. The van der Waals surface area contributed by atoms with Crippen LogP contribution in [0.25, 0.3) is 0 Å². The molecule has 0 unspecified atom stereocenters. The lowest BCUT2D eigenvalue weighted by molar-refractivity contribution is 0.0371. The third-order valence-electron chi connectivity index (χ3n) is 2.70. The summed E-state index contributed by atoms with van der Waals surface area (Å²) in [4.78, 5) is 14.0. The van der Waals surface area contributed by atoms with E-state index in [4.69, 9.17) is 12.6 Å². The first-order valence-corrected chi connectivity index (χ1v) is 5.44. The van der Waals surface area contributed by atoms with Gasteiger partial charge in [-0.3, -0.25) is 9.69 Å². The number of Topliss-reactive ketones (excluding diaryl/α,β-unsaturated/α-hetero) is 1. The second kappa shape index (κ2) is 5.28. The molecule has 2 rings (SSSR count). The van der Waals surface area contributed by atoms with Crippen molar-refractivity contribution in [1.82, 2.24) is 4.90 Å². The minimum absolute atomic E-state index is 0.141. The topological polar surface area (TPSA) is 29.5 Å². The smallest absolute Gasteiger partial charge is 0.176 e. The molecule has 0 bridgehead atoms. The van der Waals surface area contributed by atoms with Crippen LogP contribution in [0.4, 0.5) is 0 Å². The van der Waals surface area contributed by atoms with Crippen molar-refractivity contribution < 1.29 is 9.53 Å². The third-order valence-corrected chi connectivity index (χ3v) is 2.70. The molecule has 0 saturated carbocycles.